The normalized spacial score (nSPS) is 12.0. The summed E-state index contributed by atoms with van der Waals surface area (Å²) in [5.41, 5.74) is 0.553. The largest absolute Gasteiger partial charge is 0.768 e. The predicted molar refractivity (Wildman–Crippen MR) is 80.3 cm³/mol. The maximum Gasteiger partial charge on any atom is 0.315 e. The molecule has 118 valence electrons. The summed E-state index contributed by atoms with van der Waals surface area (Å²) in [5, 5.41) is 2.82. The van der Waals surface area contributed by atoms with Crippen LogP contribution in [-0.2, 0) is 11.1 Å². The second-order valence-electron chi connectivity index (χ2n) is 4.23. The van der Waals surface area contributed by atoms with Crippen LogP contribution in [0, 0.1) is 6.08 Å². The quantitative estimate of drug-likeness (QED) is 0.810. The van der Waals surface area contributed by atoms with Gasteiger partial charge in [0.25, 0.3) is 0 Å². The summed E-state index contributed by atoms with van der Waals surface area (Å²) in [6.45, 7) is 4.64. The Kier molecular flexibility index (Phi) is 5.34. The first kappa shape index (κ1) is 16.2. The van der Waals surface area contributed by atoms with Crippen molar-refractivity contribution < 1.29 is 13.2 Å². The molecule has 2 rings (SSSR count). The summed E-state index contributed by atoms with van der Waals surface area (Å²) in [7, 11) is 0. The van der Waals surface area contributed by atoms with E-state index in [4.69, 9.17) is 0 Å². The van der Waals surface area contributed by atoms with Gasteiger partial charge in [0.05, 0.1) is 0 Å². The van der Waals surface area contributed by atoms with Gasteiger partial charge in [0.2, 0.25) is 11.9 Å². The van der Waals surface area contributed by atoms with E-state index < -0.39 is 17.2 Å². The molecule has 2 aromatic rings. The molecule has 0 saturated carbocycles. The van der Waals surface area contributed by atoms with Crippen molar-refractivity contribution in [2.24, 2.45) is 0 Å². The van der Waals surface area contributed by atoms with Crippen molar-refractivity contribution in [3.63, 3.8) is 0 Å². The van der Waals surface area contributed by atoms with Gasteiger partial charge in [-0.25, -0.2) is 0 Å². The number of hydrogen-bond donors (Lipinski definition) is 1. The van der Waals surface area contributed by atoms with Gasteiger partial charge in [0.1, 0.15) is 0 Å². The fourth-order valence-electron chi connectivity index (χ4n) is 1.89. The van der Waals surface area contributed by atoms with Crippen LogP contribution in [0.4, 0.5) is 22.0 Å². The lowest BCUT2D eigenvalue weighted by molar-refractivity contribution is 0.533. The highest BCUT2D eigenvalue weighted by Gasteiger charge is 2.14. The average Bonchev–Trinajstić information content (AvgIpc) is 2.48. The van der Waals surface area contributed by atoms with Gasteiger partial charge in [-0.05, 0) is 43.1 Å². The summed E-state index contributed by atoms with van der Waals surface area (Å²) in [5.74, 6) is 0.242. The molecule has 22 heavy (non-hydrogen) atoms. The van der Waals surface area contributed by atoms with Crippen molar-refractivity contribution in [2.45, 2.75) is 18.7 Å². The third kappa shape index (κ3) is 3.74. The van der Waals surface area contributed by atoms with Gasteiger partial charge in [-0.2, -0.15) is 19.3 Å². The number of aromatic nitrogens is 3. The van der Waals surface area contributed by atoms with E-state index in [2.05, 4.69) is 20.3 Å². The molecule has 0 saturated heterocycles. The Labute approximate surface area is 129 Å². The minimum Gasteiger partial charge on any atom is -0.768 e. The van der Waals surface area contributed by atoms with E-state index in [1.165, 1.54) is 12.1 Å². The van der Waals surface area contributed by atoms with Crippen LogP contribution in [0.5, 0.6) is 0 Å². The number of benzene rings is 1. The first-order valence-electron chi connectivity index (χ1n) is 6.67. The number of anilines is 3. The topological polar surface area (TPSA) is 94.1 Å². The third-order valence-corrected chi connectivity index (χ3v) is 3.45. The molecule has 1 aromatic heterocycles. The van der Waals surface area contributed by atoms with Crippen molar-refractivity contribution in [1.29, 1.82) is 0 Å². The Morgan fingerprint density at radius 2 is 2.09 bits per heavy atom. The Bertz CT molecular complexity index is 685. The van der Waals surface area contributed by atoms with E-state index in [1.54, 1.807) is 17.0 Å². The summed E-state index contributed by atoms with van der Waals surface area (Å²) >= 11 is -2.34. The molecule has 0 spiro atoms. The van der Waals surface area contributed by atoms with Crippen LogP contribution in [0.2, 0.25) is 0 Å². The van der Waals surface area contributed by atoms with E-state index in [1.807, 2.05) is 13.8 Å². The molecule has 0 aliphatic rings. The molecule has 0 bridgehead atoms. The van der Waals surface area contributed by atoms with Gasteiger partial charge >= 0.3 is 6.08 Å². The van der Waals surface area contributed by atoms with Crippen LogP contribution < -0.4 is 10.2 Å². The van der Waals surface area contributed by atoms with E-state index in [0.717, 1.165) is 0 Å². The van der Waals surface area contributed by atoms with E-state index in [9.17, 15) is 13.2 Å². The number of nitrogens with one attached hydrogen (secondary N) is 1. The number of nitrogens with zero attached hydrogens (tertiary/aromatic N) is 4. The molecule has 1 atom stereocenters. The van der Waals surface area contributed by atoms with Crippen LogP contribution in [0.25, 0.3) is 0 Å². The molecule has 1 aromatic carbocycles. The fourth-order valence-corrected chi connectivity index (χ4v) is 2.30. The molecule has 1 heterocycles. The van der Waals surface area contributed by atoms with E-state index in [0.29, 0.717) is 18.8 Å². The number of rotatable bonds is 6. The number of hydrogen-bond acceptors (Lipinski definition) is 7. The molecule has 0 aliphatic carbocycles. The lowest BCUT2D eigenvalue weighted by atomic mass is 10.3. The second kappa shape index (κ2) is 7.23. The minimum atomic E-state index is -2.34. The molecule has 0 amide bonds. The Morgan fingerprint density at radius 3 is 2.73 bits per heavy atom. The van der Waals surface area contributed by atoms with Gasteiger partial charge in [0, 0.05) is 23.7 Å². The van der Waals surface area contributed by atoms with Gasteiger partial charge in [-0.3, -0.25) is 4.21 Å². The highest BCUT2D eigenvalue weighted by molar-refractivity contribution is 7.79. The fraction of sp³-hybridized carbons (Fsp3) is 0.308. The Balaban J connectivity index is 2.43. The maximum absolute atomic E-state index is 13.5. The smallest absolute Gasteiger partial charge is 0.315 e. The Hall–Kier alpha value is -2.13. The molecule has 0 fully saturated rings. The van der Waals surface area contributed by atoms with Crippen molar-refractivity contribution in [3.8, 4) is 0 Å². The highest BCUT2D eigenvalue weighted by atomic mass is 32.2. The molecule has 1 unspecified atom stereocenters. The molecule has 1 N–H and O–H groups in total. The van der Waals surface area contributed by atoms with E-state index in [-0.39, 0.29) is 16.8 Å². The number of halogens is 1. The summed E-state index contributed by atoms with van der Waals surface area (Å²) in [6.07, 6.45) is -0.900. The summed E-state index contributed by atoms with van der Waals surface area (Å²) in [4.78, 5) is 13.1. The lowest BCUT2D eigenvalue weighted by Crippen LogP contribution is -2.21. The van der Waals surface area contributed by atoms with Gasteiger partial charge in [-0.1, -0.05) is 6.07 Å². The SMILES string of the molecule is CCNc1nc(F)nc(N(CC)c2cccc(S(=O)[O-])c2)n1. The lowest BCUT2D eigenvalue weighted by Gasteiger charge is -2.22. The van der Waals surface area contributed by atoms with Gasteiger partial charge in [-0.15, -0.1) is 0 Å². The third-order valence-electron chi connectivity index (χ3n) is 2.81. The second-order valence-corrected chi connectivity index (χ2v) is 5.18. The molecule has 9 heteroatoms. The van der Waals surface area contributed by atoms with Crippen molar-refractivity contribution in [1.82, 2.24) is 15.0 Å². The molecular weight excluding hydrogens is 309 g/mol. The summed E-state index contributed by atoms with van der Waals surface area (Å²) in [6, 6.07) is 6.25. The average molecular weight is 324 g/mol. The predicted octanol–water partition coefficient (Wildman–Crippen LogP) is 1.84. The van der Waals surface area contributed by atoms with Crippen LogP contribution in [0.1, 0.15) is 13.8 Å². The van der Waals surface area contributed by atoms with Crippen molar-refractivity contribution >= 4 is 28.7 Å². The van der Waals surface area contributed by atoms with Crippen LogP contribution >= 0.6 is 0 Å². The van der Waals surface area contributed by atoms with Crippen LogP contribution in [0.15, 0.2) is 29.2 Å². The van der Waals surface area contributed by atoms with Crippen LogP contribution in [-0.4, -0.2) is 36.8 Å². The molecule has 0 aliphatic heterocycles. The zero-order valence-electron chi connectivity index (χ0n) is 12.1. The molecular formula is C13H15FN5O2S-. The van der Waals surface area contributed by atoms with Gasteiger partial charge in [0.15, 0.2) is 0 Å². The van der Waals surface area contributed by atoms with E-state index >= 15 is 0 Å². The van der Waals surface area contributed by atoms with Crippen molar-refractivity contribution in [2.75, 3.05) is 23.3 Å². The minimum absolute atomic E-state index is 0.111. The Morgan fingerprint density at radius 1 is 1.32 bits per heavy atom. The molecule has 7 nitrogen and oxygen atoms in total. The zero-order valence-corrected chi connectivity index (χ0v) is 12.9. The zero-order chi connectivity index (χ0) is 16.1. The van der Waals surface area contributed by atoms with Crippen LogP contribution in [0.3, 0.4) is 0 Å². The van der Waals surface area contributed by atoms with Crippen molar-refractivity contribution in [3.05, 3.63) is 30.3 Å². The monoisotopic (exact) mass is 324 g/mol. The standard InChI is InChI=1S/C13H16FN5O2S/c1-3-15-12-16-11(14)17-13(18-12)19(4-2)9-6-5-7-10(8-9)22(20)21/h5-8H,3-4H2,1-2H3,(H,20,21)(H,15,16,17,18)/p-1. The first-order valence-corrected chi connectivity index (χ1v) is 7.75. The van der Waals surface area contributed by atoms with Gasteiger partial charge < -0.3 is 14.8 Å². The molecule has 0 radical (unpaired) electrons. The highest BCUT2D eigenvalue weighted by Crippen LogP contribution is 2.24. The summed E-state index contributed by atoms with van der Waals surface area (Å²) < 4.78 is 35.7. The maximum atomic E-state index is 13.5. The first-order chi connectivity index (χ1) is 10.5.